The van der Waals surface area contributed by atoms with Crippen molar-refractivity contribution in [3.8, 4) is 0 Å². The third-order valence-corrected chi connectivity index (χ3v) is 5.15. The first kappa shape index (κ1) is 20.4. The summed E-state index contributed by atoms with van der Waals surface area (Å²) >= 11 is -0.536. The molecule has 0 spiro atoms. The van der Waals surface area contributed by atoms with Crippen molar-refractivity contribution in [3.05, 3.63) is 48.5 Å². The zero-order valence-corrected chi connectivity index (χ0v) is 19.1. The number of halogens is 3. The van der Waals surface area contributed by atoms with Crippen molar-refractivity contribution in [2.75, 3.05) is 25.5 Å². The molecule has 0 N–H and O–H groups in total. The van der Waals surface area contributed by atoms with Crippen LogP contribution < -0.4 is 4.90 Å². The summed E-state index contributed by atoms with van der Waals surface area (Å²) in [6.45, 7) is 3.29. The number of nitrogens with zero attached hydrogens (tertiary/aromatic N) is 2. The Morgan fingerprint density at radius 3 is 1.79 bits per heavy atom. The Labute approximate surface area is 166 Å². The van der Waals surface area contributed by atoms with E-state index in [0.29, 0.717) is 6.04 Å². The first-order chi connectivity index (χ1) is 11.4. The van der Waals surface area contributed by atoms with Gasteiger partial charge >= 0.3 is 42.4 Å². The van der Waals surface area contributed by atoms with Crippen LogP contribution in [0.4, 0.5) is 11.4 Å². The molecule has 0 radical (unpaired) electrons. The Bertz CT molecular complexity index is 622. The minimum atomic E-state index is -1.85. The van der Waals surface area contributed by atoms with Gasteiger partial charge in [-0.2, -0.15) is 0 Å². The van der Waals surface area contributed by atoms with Gasteiger partial charge in [0.2, 0.25) is 0 Å². The molecule has 0 saturated carbocycles. The second-order valence-corrected chi connectivity index (χ2v) is 16.7. The standard InChI is InChI=1S/C17H20N2S.3ClH.Pt/c1-13(18(2)3)12-19-14-8-4-6-10-16(14)20-17-11-7-5-9-15(17)19;;;;/h4-11,13H,12H2,1-3H3;3*1H;/q;;;;+3/p-2. The Balaban J connectivity index is 0.000000471. The average molecular weight is 587 g/mol. The Hall–Kier alpha value is 0.108. The molecule has 1 atom stereocenters. The maximum atomic E-state index is 4.96. The van der Waals surface area contributed by atoms with Crippen LogP contribution in [0.2, 0.25) is 0 Å². The fourth-order valence-electron chi connectivity index (χ4n) is 2.46. The third-order valence-electron chi connectivity index (χ3n) is 3.91. The van der Waals surface area contributed by atoms with E-state index >= 15 is 0 Å². The number of hydrogen-bond donors (Lipinski definition) is 0. The van der Waals surface area contributed by atoms with Crippen LogP contribution in [0.1, 0.15) is 6.92 Å². The average Bonchev–Trinajstić information content (AvgIpc) is 2.54. The van der Waals surface area contributed by atoms with Gasteiger partial charge in [0.05, 0.1) is 23.1 Å². The van der Waals surface area contributed by atoms with Crippen LogP contribution in [0.15, 0.2) is 58.3 Å². The van der Waals surface area contributed by atoms with E-state index in [1.54, 1.807) is 0 Å². The van der Waals surface area contributed by atoms with Crippen molar-refractivity contribution < 1.29 is 14.2 Å². The number of thiol groups is 1. The van der Waals surface area contributed by atoms with Crippen LogP contribution in [-0.2, 0) is 26.0 Å². The van der Waals surface area contributed by atoms with Crippen molar-refractivity contribution in [1.29, 1.82) is 0 Å². The molecule has 24 heavy (non-hydrogen) atoms. The Morgan fingerprint density at radius 2 is 1.38 bits per heavy atom. The van der Waals surface area contributed by atoms with E-state index in [4.69, 9.17) is 28.3 Å². The molecule has 1 unspecified atom stereocenters. The van der Waals surface area contributed by atoms with E-state index in [0.717, 1.165) is 6.54 Å². The van der Waals surface area contributed by atoms with Crippen molar-refractivity contribution in [2.24, 2.45) is 0 Å². The van der Waals surface area contributed by atoms with Gasteiger partial charge in [-0.25, -0.2) is 0 Å². The number of benzene rings is 2. The summed E-state index contributed by atoms with van der Waals surface area (Å²) in [6.07, 6.45) is 0. The maximum absolute atomic E-state index is 4.96. The molecule has 135 valence electrons. The molecule has 1 aliphatic heterocycles. The van der Waals surface area contributed by atoms with Crippen LogP contribution in [0.5, 0.6) is 0 Å². The summed E-state index contributed by atoms with van der Waals surface area (Å²) < 4.78 is 0. The summed E-state index contributed by atoms with van der Waals surface area (Å²) in [5.41, 5.74) is 2.70. The predicted octanol–water partition coefficient (Wildman–Crippen LogP) is 5.39. The van der Waals surface area contributed by atoms with Gasteiger partial charge in [0, 0.05) is 12.6 Å². The van der Waals surface area contributed by atoms with Gasteiger partial charge in [0.25, 0.3) is 0 Å². The van der Waals surface area contributed by atoms with Crippen LogP contribution in [0.3, 0.4) is 0 Å². The summed E-state index contributed by atoms with van der Waals surface area (Å²) in [4.78, 5) is 7.54. The van der Waals surface area contributed by atoms with E-state index < -0.39 is 14.2 Å². The summed E-state index contributed by atoms with van der Waals surface area (Å²) in [7, 11) is 19.2. The summed E-state index contributed by atoms with van der Waals surface area (Å²) in [5.74, 6) is 0. The summed E-state index contributed by atoms with van der Waals surface area (Å²) in [5, 5.41) is 0. The monoisotopic (exact) mass is 585 g/mol. The van der Waals surface area contributed by atoms with E-state index in [1.165, 1.54) is 32.9 Å². The molecular formula is C17H21Cl3N2PtS+. The number of hydrogen-bond acceptors (Lipinski definition) is 2. The normalized spacial score (nSPS) is 14.3. The van der Waals surface area contributed by atoms with Crippen LogP contribution in [0, 0.1) is 0 Å². The van der Waals surface area contributed by atoms with Crippen LogP contribution in [-0.4, -0.2) is 31.6 Å². The number of likely N-dealkylation sites (N-methyl/N-ethyl adjacent to an activating group) is 1. The van der Waals surface area contributed by atoms with Gasteiger partial charge in [0.15, 0.2) is 9.79 Å². The van der Waals surface area contributed by atoms with Gasteiger partial charge in [-0.05, 0) is 45.3 Å². The second-order valence-electron chi connectivity index (χ2n) is 5.65. The molecule has 0 amide bonds. The van der Waals surface area contributed by atoms with E-state index in [-0.39, 0.29) is 0 Å². The molecule has 7 heteroatoms. The molecule has 1 aliphatic rings. The quantitative estimate of drug-likeness (QED) is 0.352. The Kier molecular flexibility index (Phi) is 8.26. The van der Waals surface area contributed by atoms with E-state index in [2.05, 4.69) is 79.3 Å². The van der Waals surface area contributed by atoms with Gasteiger partial charge in [0.1, 0.15) is 0 Å². The van der Waals surface area contributed by atoms with Crippen molar-refractivity contribution in [1.82, 2.24) is 4.90 Å². The first-order valence-electron chi connectivity index (χ1n) is 7.36. The van der Waals surface area contributed by atoms with Crippen molar-refractivity contribution >= 4 is 51.4 Å². The van der Waals surface area contributed by atoms with Crippen molar-refractivity contribution in [3.63, 3.8) is 0 Å². The van der Waals surface area contributed by atoms with E-state index in [9.17, 15) is 0 Å². The molecule has 3 rings (SSSR count). The fourth-order valence-corrected chi connectivity index (χ4v) is 3.66. The van der Waals surface area contributed by atoms with E-state index in [1.807, 2.05) is 0 Å². The SMILES string of the molecule is CC(CN1c2ccccc2[SH+]c2ccccc21)N(C)C.[Cl][Pt]([Cl])[Cl]. The molecular weight excluding hydrogens is 566 g/mol. The molecule has 0 aliphatic carbocycles. The van der Waals surface area contributed by atoms with Crippen LogP contribution >= 0.6 is 28.3 Å². The molecule has 2 aromatic carbocycles. The van der Waals surface area contributed by atoms with Gasteiger partial charge in [-0.1, -0.05) is 24.3 Å². The van der Waals surface area contributed by atoms with Crippen molar-refractivity contribution in [2.45, 2.75) is 22.8 Å². The zero-order valence-electron chi connectivity index (χ0n) is 13.7. The molecule has 2 nitrogen and oxygen atoms in total. The molecule has 0 bridgehead atoms. The van der Waals surface area contributed by atoms with Gasteiger partial charge in [-0.15, -0.1) is 0 Å². The third kappa shape index (κ3) is 5.56. The minimum absolute atomic E-state index is 0.505. The molecule has 1 heterocycles. The first-order valence-corrected chi connectivity index (χ1v) is 16.7. The summed E-state index contributed by atoms with van der Waals surface area (Å²) in [6, 6.07) is 18.0. The van der Waals surface area contributed by atoms with Gasteiger partial charge in [-0.3, -0.25) is 0 Å². The number of rotatable bonds is 3. The Morgan fingerprint density at radius 1 is 0.958 bits per heavy atom. The number of para-hydroxylation sites is 2. The van der Waals surface area contributed by atoms with Crippen LogP contribution in [0.25, 0.3) is 0 Å². The topological polar surface area (TPSA) is 6.48 Å². The fraction of sp³-hybridized carbons (Fsp3) is 0.294. The van der Waals surface area contributed by atoms with Gasteiger partial charge < -0.3 is 9.80 Å². The number of anilines is 2. The molecule has 0 saturated heterocycles. The predicted molar refractivity (Wildman–Crippen MR) is 106 cm³/mol. The molecule has 0 aromatic heterocycles. The molecule has 0 fully saturated rings. The zero-order chi connectivity index (χ0) is 17.7. The number of fused-ring (bicyclic) bond motifs is 2. The second kappa shape index (κ2) is 9.71. The molecule has 2 aromatic rings.